The first-order valence-corrected chi connectivity index (χ1v) is 4.03. The van der Waals surface area contributed by atoms with Crippen LogP contribution < -0.4 is 5.73 Å². The molecule has 0 saturated carbocycles. The number of hydrogen-bond acceptors (Lipinski definition) is 2. The van der Waals surface area contributed by atoms with Gasteiger partial charge in [-0.2, -0.15) is 0 Å². The number of nitrogens with zero attached hydrogens (tertiary/aromatic N) is 1. The molecule has 0 radical (unpaired) electrons. The van der Waals surface area contributed by atoms with Crippen molar-refractivity contribution < 1.29 is 18.7 Å². The number of carbonyl (C=O) groups is 1. The van der Waals surface area contributed by atoms with Gasteiger partial charge in [-0.15, -0.1) is 0 Å². The Morgan fingerprint density at radius 1 is 1.69 bits per heavy atom. The summed E-state index contributed by atoms with van der Waals surface area (Å²) in [6.07, 6.45) is -1.16. The molecule has 13 heavy (non-hydrogen) atoms. The second-order valence-corrected chi connectivity index (χ2v) is 3.19. The number of amides is 1. The normalized spacial score (nSPS) is 27.3. The van der Waals surface area contributed by atoms with Crippen LogP contribution in [0, 0.1) is 5.92 Å². The van der Waals surface area contributed by atoms with E-state index in [0.29, 0.717) is 0 Å². The van der Waals surface area contributed by atoms with Crippen molar-refractivity contribution in [3.8, 4) is 0 Å². The molecule has 0 aromatic rings. The van der Waals surface area contributed by atoms with Crippen LogP contribution in [0.4, 0.5) is 13.6 Å². The largest absolute Gasteiger partial charge is 0.465 e. The van der Waals surface area contributed by atoms with Gasteiger partial charge in [-0.3, -0.25) is 0 Å². The Bertz CT molecular complexity index is 211. The van der Waals surface area contributed by atoms with Crippen molar-refractivity contribution in [2.75, 3.05) is 19.6 Å². The summed E-state index contributed by atoms with van der Waals surface area (Å²) in [6.45, 7) is -0.683. The van der Waals surface area contributed by atoms with Gasteiger partial charge >= 0.3 is 6.09 Å². The minimum Gasteiger partial charge on any atom is -0.465 e. The lowest BCUT2D eigenvalue weighted by Gasteiger charge is -2.36. The van der Waals surface area contributed by atoms with E-state index in [2.05, 4.69) is 0 Å². The van der Waals surface area contributed by atoms with Gasteiger partial charge in [-0.25, -0.2) is 13.6 Å². The molecule has 6 heteroatoms. The molecule has 3 N–H and O–H groups in total. The molecule has 0 aromatic heterocycles. The summed E-state index contributed by atoms with van der Waals surface area (Å²) in [5, 5.41) is 8.49. The van der Waals surface area contributed by atoms with E-state index >= 15 is 0 Å². The van der Waals surface area contributed by atoms with E-state index in [4.69, 9.17) is 10.8 Å². The average molecular weight is 194 g/mol. The fourth-order valence-electron chi connectivity index (χ4n) is 1.44. The molecule has 76 valence electrons. The van der Waals surface area contributed by atoms with Gasteiger partial charge in [0.2, 0.25) is 0 Å². The predicted molar refractivity (Wildman–Crippen MR) is 41.7 cm³/mol. The first-order valence-electron chi connectivity index (χ1n) is 4.03. The van der Waals surface area contributed by atoms with E-state index in [-0.39, 0.29) is 19.5 Å². The third kappa shape index (κ3) is 2.06. The molecule has 1 amide bonds. The highest BCUT2D eigenvalue weighted by Gasteiger charge is 2.44. The molecule has 1 fully saturated rings. The summed E-state index contributed by atoms with van der Waals surface area (Å²) in [7, 11) is 0. The number of nitrogens with two attached hydrogens (primary N) is 1. The second kappa shape index (κ2) is 3.45. The number of halogens is 2. The highest BCUT2D eigenvalue weighted by atomic mass is 19.3. The Balaban J connectivity index is 2.64. The van der Waals surface area contributed by atoms with Crippen LogP contribution in [0.15, 0.2) is 0 Å². The van der Waals surface area contributed by atoms with E-state index in [1.54, 1.807) is 0 Å². The molecule has 0 spiro atoms. The topological polar surface area (TPSA) is 66.6 Å². The number of rotatable bonds is 1. The van der Waals surface area contributed by atoms with Gasteiger partial charge in [0.25, 0.3) is 5.92 Å². The highest BCUT2D eigenvalue weighted by molar-refractivity contribution is 5.65. The fraction of sp³-hybridized carbons (Fsp3) is 0.857. The molecule has 4 nitrogen and oxygen atoms in total. The molecule has 0 aliphatic carbocycles. The SMILES string of the molecule is NC[C@H]1CCN(C(=O)O)CC1(F)F. The van der Waals surface area contributed by atoms with Crippen molar-refractivity contribution in [3.05, 3.63) is 0 Å². The molecule has 1 rings (SSSR count). The highest BCUT2D eigenvalue weighted by Crippen LogP contribution is 2.31. The maximum Gasteiger partial charge on any atom is 0.407 e. The summed E-state index contributed by atoms with van der Waals surface area (Å²) in [5.41, 5.74) is 5.15. The standard InChI is InChI=1S/C7H12F2N2O2/c8-7(9)4-11(6(12)13)2-1-5(7)3-10/h5H,1-4,10H2,(H,12,13)/t5-/m1/s1. The van der Waals surface area contributed by atoms with Crippen molar-refractivity contribution in [1.29, 1.82) is 0 Å². The van der Waals surface area contributed by atoms with Crippen molar-refractivity contribution >= 4 is 6.09 Å². The molecule has 1 heterocycles. The fourth-order valence-corrected chi connectivity index (χ4v) is 1.44. The minimum absolute atomic E-state index is 0.0968. The summed E-state index contributed by atoms with van der Waals surface area (Å²) < 4.78 is 26.2. The molecule has 1 aliphatic rings. The summed E-state index contributed by atoms with van der Waals surface area (Å²) >= 11 is 0. The maximum absolute atomic E-state index is 13.1. The minimum atomic E-state index is -2.98. The van der Waals surface area contributed by atoms with Gasteiger partial charge in [-0.1, -0.05) is 0 Å². The lowest BCUT2D eigenvalue weighted by atomic mass is 9.93. The number of carboxylic acid groups (broad SMARTS) is 1. The Morgan fingerprint density at radius 2 is 2.31 bits per heavy atom. The summed E-state index contributed by atoms with van der Waals surface area (Å²) in [6, 6.07) is 0. The van der Waals surface area contributed by atoms with Gasteiger partial charge < -0.3 is 15.7 Å². The number of hydrogen-bond donors (Lipinski definition) is 2. The zero-order valence-electron chi connectivity index (χ0n) is 7.04. The van der Waals surface area contributed by atoms with Crippen LogP contribution in [0.3, 0.4) is 0 Å². The first-order chi connectivity index (χ1) is 5.97. The average Bonchev–Trinajstić information content (AvgIpc) is 2.02. The zero-order chi connectivity index (χ0) is 10.1. The maximum atomic E-state index is 13.1. The first kappa shape index (κ1) is 10.2. The van der Waals surface area contributed by atoms with Crippen LogP contribution in [-0.2, 0) is 0 Å². The Labute approximate surface area is 74.3 Å². The van der Waals surface area contributed by atoms with Crippen LogP contribution in [0.2, 0.25) is 0 Å². The van der Waals surface area contributed by atoms with Crippen LogP contribution in [0.1, 0.15) is 6.42 Å². The van der Waals surface area contributed by atoms with E-state index in [1.165, 1.54) is 0 Å². The molecular weight excluding hydrogens is 182 g/mol. The number of alkyl halides is 2. The van der Waals surface area contributed by atoms with E-state index in [9.17, 15) is 13.6 Å². The van der Waals surface area contributed by atoms with Gasteiger partial charge in [-0.05, 0) is 6.42 Å². The molecule has 1 aliphatic heterocycles. The van der Waals surface area contributed by atoms with Gasteiger partial charge in [0, 0.05) is 19.0 Å². The summed E-state index contributed by atoms with van der Waals surface area (Å²) in [5.74, 6) is -3.87. The lowest BCUT2D eigenvalue weighted by Crippen LogP contribution is -2.52. The summed E-state index contributed by atoms with van der Waals surface area (Å²) in [4.78, 5) is 11.1. The number of likely N-dealkylation sites (tertiary alicyclic amines) is 1. The van der Waals surface area contributed by atoms with Crippen molar-refractivity contribution in [3.63, 3.8) is 0 Å². The Kier molecular flexibility index (Phi) is 2.70. The van der Waals surface area contributed by atoms with Crippen LogP contribution in [-0.4, -0.2) is 41.7 Å². The van der Waals surface area contributed by atoms with Crippen LogP contribution in [0.25, 0.3) is 0 Å². The Morgan fingerprint density at radius 3 is 2.69 bits per heavy atom. The van der Waals surface area contributed by atoms with Crippen molar-refractivity contribution in [2.24, 2.45) is 11.7 Å². The molecule has 1 atom stereocenters. The molecule has 0 bridgehead atoms. The third-order valence-corrected chi connectivity index (χ3v) is 2.30. The molecular formula is C7H12F2N2O2. The molecule has 0 aromatic carbocycles. The smallest absolute Gasteiger partial charge is 0.407 e. The van der Waals surface area contributed by atoms with E-state index in [1.807, 2.05) is 0 Å². The van der Waals surface area contributed by atoms with Crippen LogP contribution >= 0.6 is 0 Å². The quantitative estimate of drug-likeness (QED) is 0.641. The Hall–Kier alpha value is -0.910. The molecule has 1 saturated heterocycles. The predicted octanol–water partition coefficient (Wildman–Crippen LogP) is 0.580. The van der Waals surface area contributed by atoms with Gasteiger partial charge in [0.15, 0.2) is 0 Å². The second-order valence-electron chi connectivity index (χ2n) is 3.19. The lowest BCUT2D eigenvalue weighted by molar-refractivity contribution is -0.100. The molecule has 0 unspecified atom stereocenters. The van der Waals surface area contributed by atoms with Gasteiger partial charge in [0.05, 0.1) is 6.54 Å². The van der Waals surface area contributed by atoms with Crippen LogP contribution in [0.5, 0.6) is 0 Å². The van der Waals surface area contributed by atoms with E-state index in [0.717, 1.165) is 4.90 Å². The van der Waals surface area contributed by atoms with Gasteiger partial charge in [0.1, 0.15) is 0 Å². The monoisotopic (exact) mass is 194 g/mol. The van der Waals surface area contributed by atoms with E-state index < -0.39 is 24.5 Å². The van der Waals surface area contributed by atoms with Crippen molar-refractivity contribution in [2.45, 2.75) is 12.3 Å². The third-order valence-electron chi connectivity index (χ3n) is 2.30. The van der Waals surface area contributed by atoms with Crippen molar-refractivity contribution in [1.82, 2.24) is 4.90 Å². The number of piperidine rings is 1. The zero-order valence-corrected chi connectivity index (χ0v) is 7.04.